The first-order chi connectivity index (χ1) is 11.9. The summed E-state index contributed by atoms with van der Waals surface area (Å²) < 4.78 is 64.7. The van der Waals surface area contributed by atoms with Crippen LogP contribution < -0.4 is 11.1 Å². The highest BCUT2D eigenvalue weighted by Crippen LogP contribution is 2.22. The third-order valence-electron chi connectivity index (χ3n) is 3.20. The number of amides is 1. The molecule has 1 aromatic carbocycles. The van der Waals surface area contributed by atoms with Crippen LogP contribution in [0.5, 0.6) is 0 Å². The Kier molecular flexibility index (Phi) is 7.12. The van der Waals surface area contributed by atoms with E-state index in [-0.39, 0.29) is 10.5 Å². The molecule has 0 fully saturated rings. The van der Waals surface area contributed by atoms with E-state index in [9.17, 15) is 36.3 Å². The van der Waals surface area contributed by atoms with Crippen molar-refractivity contribution in [1.29, 1.82) is 0 Å². The monoisotopic (exact) mass is 398 g/mol. The van der Waals surface area contributed by atoms with E-state index in [1.807, 2.05) is 0 Å². The van der Waals surface area contributed by atoms with Gasteiger partial charge in [-0.25, -0.2) is 8.42 Å². The Bertz CT molecular complexity index is 749. The standard InChI is InChI=1S/C14H17F3N2O6S/c1-26(23,24)9-4-2-8(3-5-9)12(21)10(7-25-11(20)6-18)19-13(22)14(15,16)17/h2-5,10,12,21H,6-7,18H2,1H3,(H,19,22). The predicted molar refractivity (Wildman–Crippen MR) is 82.5 cm³/mol. The number of carbonyl (C=O) groups excluding carboxylic acids is 2. The summed E-state index contributed by atoms with van der Waals surface area (Å²) in [7, 11) is -3.51. The lowest BCUT2D eigenvalue weighted by atomic mass is 10.0. The minimum atomic E-state index is -5.21. The van der Waals surface area contributed by atoms with E-state index in [0.717, 1.165) is 18.4 Å². The maximum absolute atomic E-state index is 12.4. The molecule has 0 bridgehead atoms. The highest BCUT2D eigenvalue weighted by molar-refractivity contribution is 7.90. The zero-order valence-corrected chi connectivity index (χ0v) is 14.3. The van der Waals surface area contributed by atoms with Gasteiger partial charge in [0.25, 0.3) is 0 Å². The Morgan fingerprint density at radius 3 is 2.23 bits per heavy atom. The number of aliphatic hydroxyl groups excluding tert-OH is 1. The molecule has 12 heteroatoms. The van der Waals surface area contributed by atoms with E-state index >= 15 is 0 Å². The predicted octanol–water partition coefficient (Wildman–Crippen LogP) is -0.327. The van der Waals surface area contributed by atoms with Crippen LogP contribution in [0.4, 0.5) is 13.2 Å². The molecule has 146 valence electrons. The molecule has 1 rings (SSSR count). The molecule has 0 aromatic heterocycles. The van der Waals surface area contributed by atoms with Gasteiger partial charge in [0, 0.05) is 6.26 Å². The number of hydrogen-bond donors (Lipinski definition) is 3. The third kappa shape index (κ3) is 6.28. The first-order valence-corrected chi connectivity index (χ1v) is 8.97. The second-order valence-corrected chi connectivity index (χ2v) is 7.27. The highest BCUT2D eigenvalue weighted by atomic mass is 32.2. The molecule has 0 aliphatic heterocycles. The van der Waals surface area contributed by atoms with Gasteiger partial charge in [0.05, 0.1) is 17.5 Å². The fourth-order valence-electron chi connectivity index (χ4n) is 1.85. The number of halogens is 3. The van der Waals surface area contributed by atoms with Crippen LogP contribution in [-0.2, 0) is 24.2 Å². The van der Waals surface area contributed by atoms with Crippen LogP contribution in [-0.4, -0.2) is 57.0 Å². The molecule has 1 aromatic rings. The van der Waals surface area contributed by atoms with Gasteiger partial charge >= 0.3 is 18.1 Å². The van der Waals surface area contributed by atoms with Crippen LogP contribution in [0.15, 0.2) is 29.2 Å². The van der Waals surface area contributed by atoms with Crippen molar-refractivity contribution in [2.24, 2.45) is 5.73 Å². The SMILES string of the molecule is CS(=O)(=O)c1ccc(C(O)C(COC(=O)CN)NC(=O)C(F)(F)F)cc1. The van der Waals surface area contributed by atoms with E-state index < -0.39 is 53.2 Å². The first-order valence-electron chi connectivity index (χ1n) is 7.07. The van der Waals surface area contributed by atoms with Gasteiger partial charge in [0.15, 0.2) is 9.84 Å². The minimum absolute atomic E-state index is 0.00803. The molecule has 0 saturated heterocycles. The van der Waals surface area contributed by atoms with Crippen molar-refractivity contribution in [2.75, 3.05) is 19.4 Å². The number of ether oxygens (including phenoxy) is 1. The minimum Gasteiger partial charge on any atom is -0.462 e. The van der Waals surface area contributed by atoms with Gasteiger partial charge in [-0.3, -0.25) is 9.59 Å². The van der Waals surface area contributed by atoms with Crippen molar-refractivity contribution in [3.05, 3.63) is 29.8 Å². The summed E-state index contributed by atoms with van der Waals surface area (Å²) in [6.45, 7) is -1.31. The molecule has 2 unspecified atom stereocenters. The lowest BCUT2D eigenvalue weighted by Gasteiger charge is -2.24. The van der Waals surface area contributed by atoms with Gasteiger partial charge in [0.1, 0.15) is 12.7 Å². The summed E-state index contributed by atoms with van der Waals surface area (Å²) in [5.41, 5.74) is 5.02. The summed E-state index contributed by atoms with van der Waals surface area (Å²) in [4.78, 5) is 22.1. The van der Waals surface area contributed by atoms with Crippen molar-refractivity contribution in [3.8, 4) is 0 Å². The second-order valence-electron chi connectivity index (χ2n) is 5.25. The van der Waals surface area contributed by atoms with Crippen LogP contribution in [0.25, 0.3) is 0 Å². The van der Waals surface area contributed by atoms with Crippen molar-refractivity contribution in [2.45, 2.75) is 23.2 Å². The average Bonchev–Trinajstić information content (AvgIpc) is 2.55. The molecule has 0 aliphatic carbocycles. The lowest BCUT2D eigenvalue weighted by molar-refractivity contribution is -0.176. The molecule has 0 heterocycles. The van der Waals surface area contributed by atoms with Crippen LogP contribution >= 0.6 is 0 Å². The zero-order valence-electron chi connectivity index (χ0n) is 13.5. The normalized spacial score (nSPS) is 14.4. The maximum Gasteiger partial charge on any atom is 0.471 e. The number of hydrogen-bond acceptors (Lipinski definition) is 7. The average molecular weight is 398 g/mol. The molecule has 26 heavy (non-hydrogen) atoms. The largest absolute Gasteiger partial charge is 0.471 e. The second kappa shape index (κ2) is 8.47. The summed E-state index contributed by atoms with van der Waals surface area (Å²) >= 11 is 0. The fourth-order valence-corrected chi connectivity index (χ4v) is 2.48. The van der Waals surface area contributed by atoms with Crippen LogP contribution in [0.2, 0.25) is 0 Å². The summed E-state index contributed by atoms with van der Waals surface area (Å²) in [6.07, 6.45) is -5.96. The molecular weight excluding hydrogens is 381 g/mol. The van der Waals surface area contributed by atoms with Gasteiger partial charge in [0.2, 0.25) is 0 Å². The molecule has 4 N–H and O–H groups in total. The van der Waals surface area contributed by atoms with E-state index in [1.165, 1.54) is 17.4 Å². The molecule has 0 saturated carbocycles. The van der Waals surface area contributed by atoms with Crippen molar-refractivity contribution in [1.82, 2.24) is 5.32 Å². The smallest absolute Gasteiger partial charge is 0.462 e. The Morgan fingerprint density at radius 1 is 1.27 bits per heavy atom. The van der Waals surface area contributed by atoms with Gasteiger partial charge in [-0.15, -0.1) is 0 Å². The van der Waals surface area contributed by atoms with Gasteiger partial charge in [-0.05, 0) is 17.7 Å². The third-order valence-corrected chi connectivity index (χ3v) is 4.32. The van der Waals surface area contributed by atoms with Crippen LogP contribution in [0.3, 0.4) is 0 Å². The van der Waals surface area contributed by atoms with E-state index in [4.69, 9.17) is 5.73 Å². The number of nitrogens with two attached hydrogens (primary N) is 1. The Labute approximate surface area is 147 Å². The van der Waals surface area contributed by atoms with Crippen molar-refractivity contribution in [3.63, 3.8) is 0 Å². The molecule has 0 radical (unpaired) electrons. The number of esters is 1. The Balaban J connectivity index is 3.03. The quantitative estimate of drug-likeness (QED) is 0.535. The Hall–Kier alpha value is -2.18. The molecule has 1 amide bonds. The number of benzene rings is 1. The topological polar surface area (TPSA) is 136 Å². The summed E-state index contributed by atoms with van der Waals surface area (Å²) in [6, 6.07) is 2.98. The fraction of sp³-hybridized carbons (Fsp3) is 0.429. The molecule has 0 spiro atoms. The molecule has 2 atom stereocenters. The number of alkyl halides is 3. The first kappa shape index (κ1) is 21.9. The number of nitrogens with one attached hydrogen (secondary N) is 1. The van der Waals surface area contributed by atoms with Crippen LogP contribution in [0, 0.1) is 0 Å². The number of rotatable bonds is 7. The van der Waals surface area contributed by atoms with Gasteiger partial charge in [-0.2, -0.15) is 13.2 Å². The molecule has 8 nitrogen and oxygen atoms in total. The molecule has 0 aliphatic rings. The number of sulfone groups is 1. The van der Waals surface area contributed by atoms with Gasteiger partial charge in [-0.1, -0.05) is 12.1 Å². The van der Waals surface area contributed by atoms with E-state index in [1.54, 1.807) is 0 Å². The summed E-state index contributed by atoms with van der Waals surface area (Å²) in [5.74, 6) is -3.28. The molecular formula is C14H17F3N2O6S. The lowest BCUT2D eigenvalue weighted by Crippen LogP contribution is -2.48. The zero-order chi connectivity index (χ0) is 20.1. The number of aliphatic hydroxyl groups is 1. The Morgan fingerprint density at radius 2 is 1.81 bits per heavy atom. The number of carbonyl (C=O) groups is 2. The van der Waals surface area contributed by atoms with Crippen LogP contribution in [0.1, 0.15) is 11.7 Å². The van der Waals surface area contributed by atoms with E-state index in [2.05, 4.69) is 4.74 Å². The van der Waals surface area contributed by atoms with E-state index in [0.29, 0.717) is 0 Å². The van der Waals surface area contributed by atoms with Crippen molar-refractivity contribution >= 4 is 21.7 Å². The van der Waals surface area contributed by atoms with Gasteiger partial charge < -0.3 is 20.9 Å². The summed E-state index contributed by atoms with van der Waals surface area (Å²) in [5, 5.41) is 11.7. The maximum atomic E-state index is 12.4. The van der Waals surface area contributed by atoms with Crippen molar-refractivity contribution < 1.29 is 41.0 Å². The highest BCUT2D eigenvalue weighted by Gasteiger charge is 2.41.